The summed E-state index contributed by atoms with van der Waals surface area (Å²) in [4.78, 5) is 26.3. The fourth-order valence-electron chi connectivity index (χ4n) is 3.84. The van der Waals surface area contributed by atoms with Gasteiger partial charge in [-0.2, -0.15) is 0 Å². The molecule has 2 aliphatic carbocycles. The molecule has 0 spiro atoms. The Kier molecular flexibility index (Phi) is 5.59. The minimum atomic E-state index is -0.288. The number of esters is 1. The summed E-state index contributed by atoms with van der Waals surface area (Å²) in [6, 6.07) is 0. The van der Waals surface area contributed by atoms with Crippen LogP contribution in [0.1, 0.15) is 73.2 Å². The van der Waals surface area contributed by atoms with Gasteiger partial charge in [0.2, 0.25) is 5.91 Å². The monoisotopic (exact) mass is 349 g/mol. The van der Waals surface area contributed by atoms with Crippen LogP contribution in [0.5, 0.6) is 0 Å². The highest BCUT2D eigenvalue weighted by molar-refractivity contribution is 7.17. The second-order valence-electron chi connectivity index (χ2n) is 7.10. The highest BCUT2D eigenvalue weighted by Crippen LogP contribution is 2.40. The Bertz CT molecular complexity index is 616. The molecule has 1 aromatic rings. The Labute approximate surface area is 148 Å². The molecule has 1 atom stereocenters. The van der Waals surface area contributed by atoms with Crippen molar-refractivity contribution in [2.45, 2.75) is 65.2 Å². The van der Waals surface area contributed by atoms with E-state index in [4.69, 9.17) is 4.74 Å². The van der Waals surface area contributed by atoms with Gasteiger partial charge in [-0.3, -0.25) is 4.79 Å². The number of anilines is 1. The van der Waals surface area contributed by atoms with E-state index in [0.717, 1.165) is 50.5 Å². The number of carbonyl (C=O) groups is 2. The largest absolute Gasteiger partial charge is 0.462 e. The summed E-state index contributed by atoms with van der Waals surface area (Å²) >= 11 is 1.58. The number of fused-ring (bicyclic) bond motifs is 1. The minimum Gasteiger partial charge on any atom is -0.462 e. The molecule has 0 unspecified atom stereocenters. The molecule has 0 saturated heterocycles. The van der Waals surface area contributed by atoms with Gasteiger partial charge in [0.1, 0.15) is 5.00 Å². The Morgan fingerprint density at radius 3 is 2.67 bits per heavy atom. The van der Waals surface area contributed by atoms with E-state index in [-0.39, 0.29) is 17.8 Å². The topological polar surface area (TPSA) is 55.4 Å². The third-order valence-electron chi connectivity index (χ3n) is 5.20. The van der Waals surface area contributed by atoms with Crippen molar-refractivity contribution in [1.29, 1.82) is 0 Å². The van der Waals surface area contributed by atoms with Gasteiger partial charge in [0.05, 0.1) is 12.2 Å². The van der Waals surface area contributed by atoms with Crippen LogP contribution in [0.2, 0.25) is 0 Å². The van der Waals surface area contributed by atoms with Crippen LogP contribution in [0.15, 0.2) is 0 Å². The summed E-state index contributed by atoms with van der Waals surface area (Å²) in [6.45, 7) is 4.42. The van der Waals surface area contributed by atoms with E-state index in [1.807, 2.05) is 6.92 Å². The standard InChI is InChI=1S/C19H27NO3S/c1-3-23-19(22)16-14-10-9-12(2)11-15(14)24-18(16)20-17(21)13-7-5-4-6-8-13/h12-13H,3-11H2,1-2H3,(H,20,21)/t12-/m0/s1. The molecule has 0 radical (unpaired) electrons. The van der Waals surface area contributed by atoms with Gasteiger partial charge < -0.3 is 10.1 Å². The van der Waals surface area contributed by atoms with Crippen LogP contribution in [-0.2, 0) is 22.4 Å². The number of carbonyl (C=O) groups excluding carboxylic acids is 2. The van der Waals surface area contributed by atoms with Gasteiger partial charge in [-0.05, 0) is 50.5 Å². The third-order valence-corrected chi connectivity index (χ3v) is 6.37. The van der Waals surface area contributed by atoms with Gasteiger partial charge in [0.15, 0.2) is 0 Å². The maximum absolute atomic E-state index is 12.6. The first-order valence-corrected chi connectivity index (χ1v) is 10.0. The molecule has 132 valence electrons. The molecule has 1 fully saturated rings. The molecule has 0 bridgehead atoms. The quantitative estimate of drug-likeness (QED) is 0.810. The fourth-order valence-corrected chi connectivity index (χ4v) is 5.24. The van der Waals surface area contributed by atoms with Crippen LogP contribution in [0.3, 0.4) is 0 Å². The predicted octanol–water partition coefficient (Wildman–Crippen LogP) is 4.57. The molecule has 1 heterocycles. The average molecular weight is 349 g/mol. The van der Waals surface area contributed by atoms with E-state index in [1.165, 1.54) is 11.3 Å². The third kappa shape index (κ3) is 3.66. The Morgan fingerprint density at radius 2 is 1.96 bits per heavy atom. The molecule has 0 aliphatic heterocycles. The first kappa shape index (κ1) is 17.5. The van der Waals surface area contributed by atoms with Crippen molar-refractivity contribution < 1.29 is 14.3 Å². The first-order valence-electron chi connectivity index (χ1n) is 9.22. The molecule has 5 heteroatoms. The van der Waals surface area contributed by atoms with Crippen molar-refractivity contribution in [2.24, 2.45) is 11.8 Å². The smallest absolute Gasteiger partial charge is 0.341 e. The lowest BCUT2D eigenvalue weighted by Gasteiger charge is -2.20. The number of hydrogen-bond acceptors (Lipinski definition) is 4. The summed E-state index contributed by atoms with van der Waals surface area (Å²) in [5, 5.41) is 3.78. The zero-order valence-corrected chi connectivity index (χ0v) is 15.5. The predicted molar refractivity (Wildman–Crippen MR) is 96.7 cm³/mol. The second kappa shape index (κ2) is 7.68. The summed E-state index contributed by atoms with van der Waals surface area (Å²) in [7, 11) is 0. The molecule has 1 saturated carbocycles. The summed E-state index contributed by atoms with van der Waals surface area (Å²) in [5.41, 5.74) is 1.73. The number of thiophene rings is 1. The Morgan fingerprint density at radius 1 is 1.21 bits per heavy atom. The van der Waals surface area contributed by atoms with Gasteiger partial charge in [-0.15, -0.1) is 11.3 Å². The summed E-state index contributed by atoms with van der Waals surface area (Å²) in [5.74, 6) is 0.510. The van der Waals surface area contributed by atoms with Crippen LogP contribution in [0.4, 0.5) is 5.00 Å². The number of rotatable bonds is 4. The molecule has 2 aliphatic rings. The molecular weight excluding hydrogens is 322 g/mol. The van der Waals surface area contributed by atoms with Gasteiger partial charge in [0.25, 0.3) is 0 Å². The molecule has 1 N–H and O–H groups in total. The summed E-state index contributed by atoms with van der Waals surface area (Å²) in [6.07, 6.45) is 8.38. The van der Waals surface area contributed by atoms with Crippen molar-refractivity contribution in [2.75, 3.05) is 11.9 Å². The van der Waals surface area contributed by atoms with Crippen molar-refractivity contribution >= 4 is 28.2 Å². The number of ether oxygens (including phenoxy) is 1. The Balaban J connectivity index is 1.85. The van der Waals surface area contributed by atoms with Crippen molar-refractivity contribution in [3.63, 3.8) is 0 Å². The van der Waals surface area contributed by atoms with Gasteiger partial charge in [0, 0.05) is 10.8 Å². The normalized spacial score (nSPS) is 21.2. The first-order chi connectivity index (χ1) is 11.6. The number of nitrogens with one attached hydrogen (secondary N) is 1. The van der Waals surface area contributed by atoms with Crippen LogP contribution in [0, 0.1) is 11.8 Å². The van der Waals surface area contributed by atoms with E-state index in [0.29, 0.717) is 23.1 Å². The van der Waals surface area contributed by atoms with Gasteiger partial charge in [-0.25, -0.2) is 4.79 Å². The van der Waals surface area contributed by atoms with Crippen LogP contribution >= 0.6 is 11.3 Å². The van der Waals surface area contributed by atoms with E-state index in [1.54, 1.807) is 11.3 Å². The lowest BCUT2D eigenvalue weighted by atomic mass is 9.88. The molecular formula is C19H27NO3S. The van der Waals surface area contributed by atoms with Crippen LogP contribution < -0.4 is 5.32 Å². The van der Waals surface area contributed by atoms with Gasteiger partial charge in [-0.1, -0.05) is 26.2 Å². The van der Waals surface area contributed by atoms with E-state index >= 15 is 0 Å². The number of amides is 1. The van der Waals surface area contributed by atoms with Crippen LogP contribution in [0.25, 0.3) is 0 Å². The van der Waals surface area contributed by atoms with E-state index in [9.17, 15) is 9.59 Å². The molecule has 0 aromatic carbocycles. The van der Waals surface area contributed by atoms with E-state index < -0.39 is 0 Å². The summed E-state index contributed by atoms with van der Waals surface area (Å²) < 4.78 is 5.26. The molecule has 24 heavy (non-hydrogen) atoms. The van der Waals surface area contributed by atoms with E-state index in [2.05, 4.69) is 12.2 Å². The maximum atomic E-state index is 12.6. The zero-order chi connectivity index (χ0) is 17.1. The van der Waals surface area contributed by atoms with Crippen molar-refractivity contribution in [3.8, 4) is 0 Å². The zero-order valence-electron chi connectivity index (χ0n) is 14.7. The average Bonchev–Trinajstić information content (AvgIpc) is 2.92. The lowest BCUT2D eigenvalue weighted by Crippen LogP contribution is -2.25. The maximum Gasteiger partial charge on any atom is 0.341 e. The molecule has 1 aromatic heterocycles. The molecule has 3 rings (SSSR count). The van der Waals surface area contributed by atoms with Crippen molar-refractivity contribution in [1.82, 2.24) is 0 Å². The number of hydrogen-bond donors (Lipinski definition) is 1. The molecule has 1 amide bonds. The SMILES string of the molecule is CCOC(=O)c1c(NC(=O)C2CCCCC2)sc2c1CC[C@H](C)C2. The van der Waals surface area contributed by atoms with Crippen LogP contribution in [-0.4, -0.2) is 18.5 Å². The molecule has 4 nitrogen and oxygen atoms in total. The van der Waals surface area contributed by atoms with Gasteiger partial charge >= 0.3 is 5.97 Å². The highest BCUT2D eigenvalue weighted by Gasteiger charge is 2.30. The van der Waals surface area contributed by atoms with Crippen molar-refractivity contribution in [3.05, 3.63) is 16.0 Å². The second-order valence-corrected chi connectivity index (χ2v) is 8.21. The highest BCUT2D eigenvalue weighted by atomic mass is 32.1. The lowest BCUT2D eigenvalue weighted by molar-refractivity contribution is -0.120. The minimum absolute atomic E-state index is 0.0758. The Hall–Kier alpha value is -1.36. The fraction of sp³-hybridized carbons (Fsp3) is 0.684.